The first-order valence-electron chi connectivity index (χ1n) is 2.94. The molecule has 0 saturated carbocycles. The molecule has 0 spiro atoms. The van der Waals surface area contributed by atoms with Crippen LogP contribution >= 0.6 is 0 Å². The number of hydrogen-bond donors (Lipinski definition) is 1. The van der Waals surface area contributed by atoms with Crippen molar-refractivity contribution in [1.82, 2.24) is 10.3 Å². The number of nitrogens with zero attached hydrogens (tertiary/aromatic N) is 3. The molecule has 0 aromatic rings. The van der Waals surface area contributed by atoms with Gasteiger partial charge in [-0.1, -0.05) is 0 Å². The molecule has 62 valence electrons. The van der Waals surface area contributed by atoms with Gasteiger partial charge in [0.15, 0.2) is 11.4 Å². The molecule has 0 bridgehead atoms. The van der Waals surface area contributed by atoms with Crippen LogP contribution in [0.5, 0.6) is 0 Å². The first kappa shape index (κ1) is 7.73. The van der Waals surface area contributed by atoms with Crippen LogP contribution in [0.2, 0.25) is 0 Å². The summed E-state index contributed by atoms with van der Waals surface area (Å²) in [5.74, 6) is 0. The fourth-order valence-electron chi connectivity index (χ4n) is 0.662. The monoisotopic (exact) mass is 160 g/mol. The number of rotatable bonds is 2. The third-order valence-corrected chi connectivity index (χ3v) is 1.19. The Labute approximate surface area is 62.8 Å². The Morgan fingerprint density at radius 1 is 2.00 bits per heavy atom. The van der Waals surface area contributed by atoms with Gasteiger partial charge in [0.2, 0.25) is 6.29 Å². The highest BCUT2D eigenvalue weighted by Gasteiger charge is 2.19. The van der Waals surface area contributed by atoms with Gasteiger partial charge >= 0.3 is 0 Å². The van der Waals surface area contributed by atoms with Gasteiger partial charge in [-0.2, -0.15) is 0 Å². The van der Waals surface area contributed by atoms with Crippen molar-refractivity contribution in [2.45, 2.75) is 6.29 Å². The quantitative estimate of drug-likeness (QED) is 0.414. The van der Waals surface area contributed by atoms with Crippen molar-refractivity contribution in [3.8, 4) is 0 Å². The van der Waals surface area contributed by atoms with Gasteiger partial charge in [0.25, 0.3) is 0 Å². The number of hydrazine groups is 1. The molecule has 0 unspecified atom stereocenters. The van der Waals surface area contributed by atoms with Crippen molar-refractivity contribution in [2.75, 3.05) is 13.8 Å². The van der Waals surface area contributed by atoms with Crippen molar-refractivity contribution >= 4 is 6.40 Å². The summed E-state index contributed by atoms with van der Waals surface area (Å²) in [6.07, 6.45) is 0.569. The highest BCUT2D eigenvalue weighted by molar-refractivity contribution is 5.47. The largest absolute Gasteiger partial charge is 0.468 e. The third kappa shape index (κ3) is 2.04. The van der Waals surface area contributed by atoms with E-state index in [0.29, 0.717) is 6.73 Å². The first-order chi connectivity index (χ1) is 5.20. The van der Waals surface area contributed by atoms with E-state index in [4.69, 9.17) is 4.74 Å². The van der Waals surface area contributed by atoms with Crippen LogP contribution in [0, 0.1) is 10.1 Å². The molecule has 0 radical (unpaired) electrons. The summed E-state index contributed by atoms with van der Waals surface area (Å²) in [5, 5.41) is 9.33. The summed E-state index contributed by atoms with van der Waals surface area (Å²) in [5.41, 5.74) is 2.00. The lowest BCUT2D eigenvalue weighted by Gasteiger charge is -2.23. The Morgan fingerprint density at radius 2 is 2.73 bits per heavy atom. The molecule has 0 fully saturated rings. The molecule has 0 saturated heterocycles. The van der Waals surface area contributed by atoms with Crippen molar-refractivity contribution in [3.05, 3.63) is 10.1 Å². The van der Waals surface area contributed by atoms with E-state index >= 15 is 0 Å². The lowest BCUT2D eigenvalue weighted by Crippen LogP contribution is -2.47. The number of ether oxygens (including phenoxy) is 1. The molecule has 0 amide bonds. The first-order valence-corrected chi connectivity index (χ1v) is 2.94. The van der Waals surface area contributed by atoms with Crippen LogP contribution in [0.1, 0.15) is 0 Å². The predicted octanol–water partition coefficient (Wildman–Crippen LogP) is -1.00. The maximum Gasteiger partial charge on any atom is 0.236 e. The number of nitro groups is 1. The van der Waals surface area contributed by atoms with Gasteiger partial charge in [0, 0.05) is 0 Å². The topological polar surface area (TPSA) is 80.0 Å². The predicted molar refractivity (Wildman–Crippen MR) is 36.1 cm³/mol. The van der Waals surface area contributed by atoms with Gasteiger partial charge in [-0.15, -0.1) is 5.43 Å². The average molecular weight is 160 g/mol. The van der Waals surface area contributed by atoms with Crippen LogP contribution in [0.4, 0.5) is 0 Å². The van der Waals surface area contributed by atoms with E-state index < -0.39 is 11.3 Å². The van der Waals surface area contributed by atoms with Crippen LogP contribution < -0.4 is 5.43 Å². The van der Waals surface area contributed by atoms with Crippen LogP contribution in [-0.2, 0) is 4.74 Å². The minimum absolute atomic E-state index is 0.301. The van der Waals surface area contributed by atoms with E-state index in [-0.39, 0.29) is 0 Å². The normalized spacial score (nSPS) is 24.3. The van der Waals surface area contributed by atoms with E-state index in [1.807, 2.05) is 5.43 Å². The van der Waals surface area contributed by atoms with Crippen molar-refractivity contribution in [1.29, 1.82) is 0 Å². The van der Waals surface area contributed by atoms with Crippen molar-refractivity contribution in [2.24, 2.45) is 4.99 Å². The molecule has 0 aliphatic carbocycles. The van der Waals surface area contributed by atoms with Gasteiger partial charge in [-0.25, -0.2) is 20.0 Å². The smallest absolute Gasteiger partial charge is 0.236 e. The maximum absolute atomic E-state index is 9.97. The number of aliphatic imine (C=N–C) groups is 1. The third-order valence-electron chi connectivity index (χ3n) is 1.19. The van der Waals surface area contributed by atoms with Crippen LogP contribution in [0.15, 0.2) is 4.99 Å². The maximum atomic E-state index is 9.97. The summed E-state index contributed by atoms with van der Waals surface area (Å²) in [4.78, 5) is 15.2. The second kappa shape index (κ2) is 3.15. The van der Waals surface area contributed by atoms with Crippen LogP contribution in [0.3, 0.4) is 0 Å². The zero-order chi connectivity index (χ0) is 8.27. The summed E-state index contributed by atoms with van der Waals surface area (Å²) in [6, 6.07) is 0. The zero-order valence-corrected chi connectivity index (χ0v) is 5.93. The van der Waals surface area contributed by atoms with E-state index in [1.54, 1.807) is 11.9 Å². The molecule has 7 nitrogen and oxygen atoms in total. The molecule has 1 N–H and O–H groups in total. The van der Waals surface area contributed by atoms with Crippen molar-refractivity contribution in [3.63, 3.8) is 0 Å². The van der Waals surface area contributed by atoms with E-state index in [1.165, 1.54) is 6.40 Å². The molecule has 0 aromatic carbocycles. The molecule has 7 heteroatoms. The Hall–Kier alpha value is -1.37. The van der Waals surface area contributed by atoms with Gasteiger partial charge in [0.1, 0.15) is 6.73 Å². The van der Waals surface area contributed by atoms with Crippen LogP contribution in [0.25, 0.3) is 0 Å². The van der Waals surface area contributed by atoms with Crippen LogP contribution in [-0.4, -0.2) is 36.4 Å². The second-order valence-electron chi connectivity index (χ2n) is 2.07. The Bertz CT molecular complexity index is 182. The fourth-order valence-corrected chi connectivity index (χ4v) is 0.662. The summed E-state index contributed by atoms with van der Waals surface area (Å²) >= 11 is 0. The molecule has 1 rings (SSSR count). The average Bonchev–Trinajstić information content (AvgIpc) is 1.93. The van der Waals surface area contributed by atoms with E-state index in [0.717, 1.165) is 0 Å². The van der Waals surface area contributed by atoms with Crippen molar-refractivity contribution < 1.29 is 9.77 Å². The molecule has 0 aromatic heterocycles. The molecule has 11 heavy (non-hydrogen) atoms. The van der Waals surface area contributed by atoms with Gasteiger partial charge in [0.05, 0.1) is 0 Å². The van der Waals surface area contributed by atoms with E-state index in [2.05, 4.69) is 4.99 Å². The van der Waals surface area contributed by atoms with E-state index in [9.17, 15) is 10.1 Å². The zero-order valence-electron chi connectivity index (χ0n) is 5.93. The Balaban J connectivity index is 2.48. The minimum Gasteiger partial charge on any atom is -0.468 e. The number of hydrogen-bond acceptors (Lipinski definition) is 5. The molecule has 1 aliphatic rings. The Kier molecular flexibility index (Phi) is 2.21. The summed E-state index contributed by atoms with van der Waals surface area (Å²) < 4.78 is 4.77. The summed E-state index contributed by atoms with van der Waals surface area (Å²) in [6.45, 7) is 0.301. The SMILES string of the molecule is CN1COC=N[C@H]1N[N+](=O)[O-]. The number of nitrogens with one attached hydrogen (secondary N) is 1. The highest BCUT2D eigenvalue weighted by Crippen LogP contribution is 1.98. The van der Waals surface area contributed by atoms with Gasteiger partial charge in [-0.05, 0) is 7.05 Å². The molecule has 1 aliphatic heterocycles. The Morgan fingerprint density at radius 3 is 3.27 bits per heavy atom. The second-order valence-corrected chi connectivity index (χ2v) is 2.07. The lowest BCUT2D eigenvalue weighted by atomic mass is 10.7. The molecule has 1 atom stereocenters. The standard InChI is InChI=1S/C4H8N4O3/c1-7-3-11-2-5-4(7)6-8(9)10/h2,4,6H,3H2,1H3/t4-/m0/s1. The molecular weight excluding hydrogens is 152 g/mol. The van der Waals surface area contributed by atoms with Gasteiger partial charge in [-0.3, -0.25) is 0 Å². The fraction of sp³-hybridized carbons (Fsp3) is 0.750. The summed E-state index contributed by atoms with van der Waals surface area (Å²) in [7, 11) is 1.66. The van der Waals surface area contributed by atoms with Gasteiger partial charge < -0.3 is 4.74 Å². The molecular formula is C4H8N4O3. The molecule has 1 heterocycles. The minimum atomic E-state index is -0.635. The highest BCUT2D eigenvalue weighted by atomic mass is 16.7. The lowest BCUT2D eigenvalue weighted by molar-refractivity contribution is -0.556.